The van der Waals surface area contributed by atoms with Crippen LogP contribution < -0.4 is 5.32 Å². The maximum Gasteiger partial charge on any atom is 0.254 e. The van der Waals surface area contributed by atoms with Crippen LogP contribution in [0.5, 0.6) is 0 Å². The van der Waals surface area contributed by atoms with E-state index in [1.54, 1.807) is 6.92 Å². The van der Waals surface area contributed by atoms with Gasteiger partial charge in [0.1, 0.15) is 0 Å². The lowest BCUT2D eigenvalue weighted by molar-refractivity contribution is 0.0934. The highest BCUT2D eigenvalue weighted by Crippen LogP contribution is 2.23. The molecule has 2 aromatic rings. The third-order valence-corrected chi connectivity index (χ3v) is 4.18. The summed E-state index contributed by atoms with van der Waals surface area (Å²) >= 11 is 1.52. The van der Waals surface area contributed by atoms with Gasteiger partial charge in [0.05, 0.1) is 22.3 Å². The fourth-order valence-electron chi connectivity index (χ4n) is 1.79. The molecule has 1 atom stereocenters. The number of amides is 1. The van der Waals surface area contributed by atoms with Crippen LogP contribution in [0.4, 0.5) is 8.78 Å². The zero-order chi connectivity index (χ0) is 15.6. The van der Waals surface area contributed by atoms with E-state index in [0.29, 0.717) is 11.6 Å². The Balaban J connectivity index is 2.13. The first-order valence-corrected chi connectivity index (χ1v) is 7.48. The number of rotatable bonds is 4. The molecule has 0 bridgehead atoms. The van der Waals surface area contributed by atoms with Crippen LogP contribution in [0.25, 0.3) is 0 Å². The van der Waals surface area contributed by atoms with Gasteiger partial charge in [-0.25, -0.2) is 13.8 Å². The number of hydrogen-bond donors (Lipinski definition) is 1. The second-order valence-corrected chi connectivity index (χ2v) is 5.95. The summed E-state index contributed by atoms with van der Waals surface area (Å²) in [4.78, 5) is 16.4. The van der Waals surface area contributed by atoms with Gasteiger partial charge in [-0.3, -0.25) is 4.79 Å². The Bertz CT molecular complexity index is 655. The minimum Gasteiger partial charge on any atom is -0.344 e. The first-order valence-electron chi connectivity index (χ1n) is 6.60. The van der Waals surface area contributed by atoms with E-state index in [1.165, 1.54) is 23.5 Å². The van der Waals surface area contributed by atoms with Gasteiger partial charge in [-0.05, 0) is 19.1 Å². The van der Waals surface area contributed by atoms with E-state index in [9.17, 15) is 13.6 Å². The van der Waals surface area contributed by atoms with E-state index in [1.807, 2.05) is 19.2 Å². The van der Waals surface area contributed by atoms with Gasteiger partial charge in [-0.1, -0.05) is 19.9 Å². The molecular weight excluding hydrogens is 294 g/mol. The molecule has 0 fully saturated rings. The van der Waals surface area contributed by atoms with Gasteiger partial charge in [0.2, 0.25) is 0 Å². The van der Waals surface area contributed by atoms with Crippen LogP contribution in [0.3, 0.4) is 0 Å². The van der Waals surface area contributed by atoms with Crippen LogP contribution in [0.15, 0.2) is 23.6 Å². The summed E-state index contributed by atoms with van der Waals surface area (Å²) < 4.78 is 26.7. The van der Waals surface area contributed by atoms with Crippen molar-refractivity contribution in [3.05, 3.63) is 51.5 Å². The number of carbonyl (C=O) groups excluding carboxylic acids is 1. The Labute approximate surface area is 126 Å². The molecule has 0 saturated carbocycles. The molecular formula is C15H16F2N2OS. The molecule has 21 heavy (non-hydrogen) atoms. The molecule has 1 amide bonds. The molecule has 1 N–H and O–H groups in total. The van der Waals surface area contributed by atoms with Crippen molar-refractivity contribution < 1.29 is 13.6 Å². The van der Waals surface area contributed by atoms with Crippen molar-refractivity contribution in [1.29, 1.82) is 0 Å². The van der Waals surface area contributed by atoms with E-state index >= 15 is 0 Å². The second kappa shape index (κ2) is 6.30. The van der Waals surface area contributed by atoms with Gasteiger partial charge in [0.25, 0.3) is 5.91 Å². The van der Waals surface area contributed by atoms with Crippen LogP contribution in [0.2, 0.25) is 0 Å². The van der Waals surface area contributed by atoms with Crippen LogP contribution >= 0.6 is 11.3 Å². The second-order valence-electron chi connectivity index (χ2n) is 5.06. The minimum absolute atomic E-state index is 0.304. The van der Waals surface area contributed by atoms with Crippen molar-refractivity contribution in [1.82, 2.24) is 10.3 Å². The Morgan fingerprint density at radius 2 is 2.00 bits per heavy atom. The van der Waals surface area contributed by atoms with Crippen molar-refractivity contribution in [2.24, 2.45) is 0 Å². The predicted molar refractivity (Wildman–Crippen MR) is 78.4 cm³/mol. The number of halogens is 2. The Morgan fingerprint density at radius 3 is 2.62 bits per heavy atom. The van der Waals surface area contributed by atoms with Gasteiger partial charge >= 0.3 is 0 Å². The van der Waals surface area contributed by atoms with E-state index in [4.69, 9.17) is 0 Å². The van der Waals surface area contributed by atoms with E-state index < -0.39 is 17.5 Å². The van der Waals surface area contributed by atoms with Crippen LogP contribution in [-0.2, 0) is 0 Å². The van der Waals surface area contributed by atoms with Crippen molar-refractivity contribution in [2.45, 2.75) is 32.7 Å². The predicted octanol–water partition coefficient (Wildman–Crippen LogP) is 4.04. The summed E-state index contributed by atoms with van der Waals surface area (Å²) in [6, 6.07) is 3.16. The van der Waals surface area contributed by atoms with E-state index in [2.05, 4.69) is 10.3 Å². The average molecular weight is 310 g/mol. The Kier molecular flexibility index (Phi) is 4.67. The first kappa shape index (κ1) is 15.6. The summed E-state index contributed by atoms with van der Waals surface area (Å²) in [5.74, 6) is -2.51. The van der Waals surface area contributed by atoms with Gasteiger partial charge in [-0.15, -0.1) is 11.3 Å². The minimum atomic E-state index is -1.14. The molecule has 112 valence electrons. The maximum atomic E-state index is 13.6. The molecule has 0 aliphatic carbocycles. The quantitative estimate of drug-likeness (QED) is 0.926. The molecule has 0 radical (unpaired) electrons. The Morgan fingerprint density at radius 1 is 1.29 bits per heavy atom. The molecule has 2 rings (SSSR count). The van der Waals surface area contributed by atoms with Crippen LogP contribution in [0.1, 0.15) is 53.8 Å². The summed E-state index contributed by atoms with van der Waals surface area (Å²) in [7, 11) is 0. The van der Waals surface area contributed by atoms with E-state index in [-0.39, 0.29) is 11.6 Å². The van der Waals surface area contributed by atoms with Crippen molar-refractivity contribution in [2.75, 3.05) is 0 Å². The summed E-state index contributed by atoms with van der Waals surface area (Å²) in [6.45, 7) is 5.83. The SMILES string of the molecule is CC(C)c1nc(C(C)NC(=O)c2cccc(F)c2F)cs1. The third kappa shape index (κ3) is 3.44. The van der Waals surface area contributed by atoms with Crippen molar-refractivity contribution >= 4 is 17.2 Å². The fourth-order valence-corrected chi connectivity index (χ4v) is 2.72. The number of nitrogens with one attached hydrogen (secondary N) is 1. The van der Waals surface area contributed by atoms with Crippen LogP contribution in [-0.4, -0.2) is 10.9 Å². The average Bonchev–Trinajstić information content (AvgIpc) is 2.91. The number of thiazole rings is 1. The highest BCUT2D eigenvalue weighted by Gasteiger charge is 2.19. The number of hydrogen-bond acceptors (Lipinski definition) is 3. The lowest BCUT2D eigenvalue weighted by atomic mass is 10.1. The van der Waals surface area contributed by atoms with Gasteiger partial charge in [0.15, 0.2) is 11.6 Å². The number of benzene rings is 1. The lowest BCUT2D eigenvalue weighted by Crippen LogP contribution is -2.28. The van der Waals surface area contributed by atoms with Gasteiger partial charge in [0, 0.05) is 11.3 Å². The zero-order valence-corrected chi connectivity index (χ0v) is 12.8. The maximum absolute atomic E-state index is 13.6. The molecule has 0 aliphatic heterocycles. The molecule has 1 unspecified atom stereocenters. The molecule has 3 nitrogen and oxygen atoms in total. The van der Waals surface area contributed by atoms with Crippen molar-refractivity contribution in [3.8, 4) is 0 Å². The fraction of sp³-hybridized carbons (Fsp3) is 0.333. The largest absolute Gasteiger partial charge is 0.344 e. The standard InChI is InChI=1S/C15H16F2N2OS/c1-8(2)15-19-12(7-21-15)9(3)18-14(20)10-5-4-6-11(16)13(10)17/h4-9H,1-3H3,(H,18,20). The smallest absolute Gasteiger partial charge is 0.254 e. The molecule has 1 heterocycles. The van der Waals surface area contributed by atoms with Crippen LogP contribution in [0, 0.1) is 11.6 Å². The molecule has 6 heteroatoms. The molecule has 0 spiro atoms. The first-order chi connectivity index (χ1) is 9.90. The summed E-state index contributed by atoms with van der Waals surface area (Å²) in [5.41, 5.74) is 0.412. The van der Waals surface area contributed by atoms with Gasteiger partial charge in [-0.2, -0.15) is 0 Å². The number of carbonyl (C=O) groups is 1. The number of nitrogens with zero attached hydrogens (tertiary/aromatic N) is 1. The molecule has 1 aromatic heterocycles. The monoisotopic (exact) mass is 310 g/mol. The topological polar surface area (TPSA) is 42.0 Å². The highest BCUT2D eigenvalue weighted by molar-refractivity contribution is 7.09. The normalized spacial score (nSPS) is 12.5. The molecule has 1 aromatic carbocycles. The van der Waals surface area contributed by atoms with Gasteiger partial charge < -0.3 is 5.32 Å². The lowest BCUT2D eigenvalue weighted by Gasteiger charge is -2.12. The number of aromatic nitrogens is 1. The molecule has 0 aliphatic rings. The highest BCUT2D eigenvalue weighted by atomic mass is 32.1. The summed E-state index contributed by atoms with van der Waals surface area (Å²) in [6.07, 6.45) is 0. The Hall–Kier alpha value is -1.82. The summed E-state index contributed by atoms with van der Waals surface area (Å²) in [5, 5.41) is 5.47. The molecule has 0 saturated heterocycles. The van der Waals surface area contributed by atoms with E-state index in [0.717, 1.165) is 11.1 Å². The third-order valence-electron chi connectivity index (χ3n) is 3.02. The zero-order valence-electron chi connectivity index (χ0n) is 12.0. The van der Waals surface area contributed by atoms with Crippen molar-refractivity contribution in [3.63, 3.8) is 0 Å².